The Morgan fingerprint density at radius 1 is 1.43 bits per heavy atom. The summed E-state index contributed by atoms with van der Waals surface area (Å²) in [4.78, 5) is 0. The first-order valence-electron chi connectivity index (χ1n) is 4.70. The number of rotatable bonds is 4. The fourth-order valence-corrected chi connectivity index (χ4v) is 1.47. The first-order chi connectivity index (χ1) is 6.65. The highest BCUT2D eigenvalue weighted by Gasteiger charge is 2.09. The van der Waals surface area contributed by atoms with E-state index in [1.54, 1.807) is 7.11 Å². The molecule has 76 valence electrons. The minimum absolute atomic E-state index is 0.226. The van der Waals surface area contributed by atoms with Gasteiger partial charge >= 0.3 is 0 Å². The number of hydrogen-bond acceptors (Lipinski definition) is 2. The Labute approximate surface area is 85.6 Å². The van der Waals surface area contributed by atoms with Crippen LogP contribution in [0, 0.1) is 0 Å². The van der Waals surface area contributed by atoms with Crippen LogP contribution in [0.15, 0.2) is 36.5 Å². The van der Waals surface area contributed by atoms with E-state index >= 15 is 0 Å². The van der Waals surface area contributed by atoms with Crippen LogP contribution in [0.1, 0.15) is 25.5 Å². The van der Waals surface area contributed by atoms with E-state index in [9.17, 15) is 0 Å². The predicted molar refractivity (Wildman–Crippen MR) is 59.4 cm³/mol. The summed E-state index contributed by atoms with van der Waals surface area (Å²) in [6.45, 7) is 7.86. The topological polar surface area (TPSA) is 21.3 Å². The minimum atomic E-state index is 0.226. The van der Waals surface area contributed by atoms with Gasteiger partial charge in [-0.25, -0.2) is 0 Å². The Kier molecular flexibility index (Phi) is 3.57. The Balaban J connectivity index is 2.87. The molecule has 0 saturated heterocycles. The van der Waals surface area contributed by atoms with Gasteiger partial charge in [-0.2, -0.15) is 0 Å². The average molecular weight is 191 g/mol. The van der Waals surface area contributed by atoms with Gasteiger partial charge in [0.05, 0.1) is 13.2 Å². The maximum absolute atomic E-state index is 5.28. The second-order valence-electron chi connectivity index (χ2n) is 3.39. The molecule has 1 atom stereocenters. The van der Waals surface area contributed by atoms with Gasteiger partial charge in [0.25, 0.3) is 0 Å². The third kappa shape index (κ3) is 2.52. The van der Waals surface area contributed by atoms with Gasteiger partial charge in [-0.15, -0.1) is 0 Å². The smallest absolute Gasteiger partial charge is 0.124 e. The summed E-state index contributed by atoms with van der Waals surface area (Å²) >= 11 is 0. The highest BCUT2D eigenvalue weighted by atomic mass is 16.5. The van der Waals surface area contributed by atoms with Crippen LogP contribution in [-0.2, 0) is 0 Å². The molecule has 0 amide bonds. The van der Waals surface area contributed by atoms with Crippen LogP contribution < -0.4 is 10.1 Å². The van der Waals surface area contributed by atoms with Crippen LogP contribution in [-0.4, -0.2) is 7.11 Å². The molecular formula is C12H17NO. The van der Waals surface area contributed by atoms with Crippen molar-refractivity contribution in [3.63, 3.8) is 0 Å². The van der Waals surface area contributed by atoms with Crippen LogP contribution in [0.5, 0.6) is 5.75 Å². The number of allylic oxidation sites excluding steroid dienone is 1. The van der Waals surface area contributed by atoms with Crippen LogP contribution >= 0.6 is 0 Å². The van der Waals surface area contributed by atoms with Crippen molar-refractivity contribution in [2.45, 2.75) is 19.9 Å². The maximum atomic E-state index is 5.28. The van der Waals surface area contributed by atoms with Gasteiger partial charge in [0.15, 0.2) is 0 Å². The molecule has 1 aromatic rings. The molecule has 1 rings (SSSR count). The van der Waals surface area contributed by atoms with Crippen molar-refractivity contribution in [3.05, 3.63) is 42.1 Å². The lowest BCUT2D eigenvalue weighted by Crippen LogP contribution is -2.16. The lowest BCUT2D eigenvalue weighted by molar-refractivity contribution is 0.404. The van der Waals surface area contributed by atoms with Gasteiger partial charge in [0, 0.05) is 11.3 Å². The highest BCUT2D eigenvalue weighted by Crippen LogP contribution is 2.24. The zero-order valence-corrected chi connectivity index (χ0v) is 9.00. The highest BCUT2D eigenvalue weighted by molar-refractivity contribution is 5.35. The number of para-hydroxylation sites is 1. The lowest BCUT2D eigenvalue weighted by Gasteiger charge is -2.17. The Hall–Kier alpha value is -1.44. The SMILES string of the molecule is C=C(C)NC(C)c1ccccc1OC. The van der Waals surface area contributed by atoms with Crippen LogP contribution in [0.25, 0.3) is 0 Å². The van der Waals surface area contributed by atoms with Gasteiger partial charge in [0.1, 0.15) is 5.75 Å². The molecular weight excluding hydrogens is 174 g/mol. The van der Waals surface area contributed by atoms with E-state index in [-0.39, 0.29) is 6.04 Å². The number of hydrogen-bond donors (Lipinski definition) is 1. The molecule has 0 fully saturated rings. The Morgan fingerprint density at radius 3 is 2.64 bits per heavy atom. The molecule has 14 heavy (non-hydrogen) atoms. The van der Waals surface area contributed by atoms with E-state index in [1.165, 1.54) is 0 Å². The summed E-state index contributed by atoms with van der Waals surface area (Å²) in [6, 6.07) is 8.22. The van der Waals surface area contributed by atoms with Crippen LogP contribution in [0.2, 0.25) is 0 Å². The van der Waals surface area contributed by atoms with E-state index in [1.807, 2.05) is 25.1 Å². The fraction of sp³-hybridized carbons (Fsp3) is 0.333. The molecule has 2 heteroatoms. The predicted octanol–water partition coefficient (Wildman–Crippen LogP) is 2.88. The van der Waals surface area contributed by atoms with Crippen molar-refractivity contribution in [1.82, 2.24) is 5.32 Å². The summed E-state index contributed by atoms with van der Waals surface area (Å²) in [6.07, 6.45) is 0. The first-order valence-corrected chi connectivity index (χ1v) is 4.70. The van der Waals surface area contributed by atoms with Crippen molar-refractivity contribution in [1.29, 1.82) is 0 Å². The summed E-state index contributed by atoms with van der Waals surface area (Å²) in [5.74, 6) is 0.911. The number of ether oxygens (including phenoxy) is 1. The first kappa shape index (κ1) is 10.6. The number of methoxy groups -OCH3 is 1. The van der Waals surface area contributed by atoms with Crippen molar-refractivity contribution < 1.29 is 4.74 Å². The second-order valence-corrected chi connectivity index (χ2v) is 3.39. The van der Waals surface area contributed by atoms with Gasteiger partial charge in [-0.1, -0.05) is 24.8 Å². The molecule has 0 aliphatic heterocycles. The third-order valence-electron chi connectivity index (χ3n) is 2.07. The summed E-state index contributed by atoms with van der Waals surface area (Å²) in [5.41, 5.74) is 2.11. The molecule has 1 aromatic carbocycles. The molecule has 0 aliphatic rings. The molecule has 1 N–H and O–H groups in total. The van der Waals surface area contributed by atoms with Crippen molar-refractivity contribution in [2.75, 3.05) is 7.11 Å². The number of benzene rings is 1. The van der Waals surface area contributed by atoms with Crippen molar-refractivity contribution in [3.8, 4) is 5.75 Å². The van der Waals surface area contributed by atoms with Gasteiger partial charge in [0.2, 0.25) is 0 Å². The van der Waals surface area contributed by atoms with Gasteiger partial charge in [-0.05, 0) is 19.9 Å². The monoisotopic (exact) mass is 191 g/mol. The van der Waals surface area contributed by atoms with Crippen LogP contribution in [0.4, 0.5) is 0 Å². The molecule has 0 heterocycles. The largest absolute Gasteiger partial charge is 0.496 e. The Bertz CT molecular complexity index is 320. The summed E-state index contributed by atoms with van der Waals surface area (Å²) in [5, 5.41) is 3.26. The van der Waals surface area contributed by atoms with Crippen LogP contribution in [0.3, 0.4) is 0 Å². The molecule has 0 bridgehead atoms. The van der Waals surface area contributed by atoms with E-state index in [4.69, 9.17) is 4.74 Å². The average Bonchev–Trinajstić information content (AvgIpc) is 2.16. The quantitative estimate of drug-likeness (QED) is 0.790. The minimum Gasteiger partial charge on any atom is -0.496 e. The van der Waals surface area contributed by atoms with E-state index in [2.05, 4.69) is 24.9 Å². The molecule has 0 saturated carbocycles. The fourth-order valence-electron chi connectivity index (χ4n) is 1.47. The molecule has 2 nitrogen and oxygen atoms in total. The lowest BCUT2D eigenvalue weighted by atomic mass is 10.1. The summed E-state index contributed by atoms with van der Waals surface area (Å²) < 4.78 is 5.28. The third-order valence-corrected chi connectivity index (χ3v) is 2.07. The normalized spacial score (nSPS) is 11.9. The number of nitrogens with one attached hydrogen (secondary N) is 1. The standard InChI is InChI=1S/C12H17NO/c1-9(2)13-10(3)11-7-5-6-8-12(11)14-4/h5-8,10,13H,1H2,2-4H3. The zero-order chi connectivity index (χ0) is 10.6. The molecule has 0 radical (unpaired) electrons. The van der Waals surface area contributed by atoms with E-state index < -0.39 is 0 Å². The van der Waals surface area contributed by atoms with Crippen molar-refractivity contribution >= 4 is 0 Å². The van der Waals surface area contributed by atoms with Gasteiger partial charge < -0.3 is 10.1 Å². The van der Waals surface area contributed by atoms with E-state index in [0.717, 1.165) is 17.0 Å². The van der Waals surface area contributed by atoms with Crippen molar-refractivity contribution in [2.24, 2.45) is 0 Å². The molecule has 0 aliphatic carbocycles. The second kappa shape index (κ2) is 4.70. The zero-order valence-electron chi connectivity index (χ0n) is 9.00. The molecule has 0 aromatic heterocycles. The van der Waals surface area contributed by atoms with E-state index in [0.29, 0.717) is 0 Å². The molecule has 1 unspecified atom stereocenters. The summed E-state index contributed by atoms with van der Waals surface area (Å²) in [7, 11) is 1.69. The molecule has 0 spiro atoms. The maximum Gasteiger partial charge on any atom is 0.124 e. The van der Waals surface area contributed by atoms with Gasteiger partial charge in [-0.3, -0.25) is 0 Å². The Morgan fingerprint density at radius 2 is 2.07 bits per heavy atom.